The van der Waals surface area contributed by atoms with Gasteiger partial charge in [-0.25, -0.2) is 15.0 Å². The lowest BCUT2D eigenvalue weighted by molar-refractivity contribution is 0.102. The Balaban J connectivity index is 1.53. The van der Waals surface area contributed by atoms with Crippen molar-refractivity contribution >= 4 is 28.4 Å². The highest BCUT2D eigenvalue weighted by molar-refractivity contribution is 6.03. The molecule has 0 unspecified atom stereocenters. The number of hydrogen-bond donors (Lipinski definition) is 1. The highest BCUT2D eigenvalue weighted by Gasteiger charge is 2.15. The predicted molar refractivity (Wildman–Crippen MR) is 112 cm³/mol. The van der Waals surface area contributed by atoms with E-state index in [1.54, 1.807) is 36.3 Å². The van der Waals surface area contributed by atoms with Crippen LogP contribution >= 0.6 is 0 Å². The first-order valence-electron chi connectivity index (χ1n) is 9.22. The van der Waals surface area contributed by atoms with Gasteiger partial charge in [-0.2, -0.15) is 0 Å². The molecule has 8 nitrogen and oxygen atoms in total. The number of carbonyl (C=O) groups is 1. The molecule has 1 N–H and O–H groups in total. The Morgan fingerprint density at radius 3 is 2.70 bits per heavy atom. The van der Waals surface area contributed by atoms with Crippen LogP contribution in [0.2, 0.25) is 0 Å². The van der Waals surface area contributed by atoms with Gasteiger partial charge in [0, 0.05) is 24.2 Å². The van der Waals surface area contributed by atoms with Crippen LogP contribution in [0.5, 0.6) is 5.75 Å². The van der Waals surface area contributed by atoms with E-state index >= 15 is 0 Å². The van der Waals surface area contributed by atoms with Crippen LogP contribution in [0.15, 0.2) is 73.4 Å². The van der Waals surface area contributed by atoms with E-state index in [1.807, 2.05) is 42.5 Å². The number of rotatable bonds is 4. The molecule has 8 heteroatoms. The highest BCUT2D eigenvalue weighted by atomic mass is 16.5. The molecule has 0 saturated carbocycles. The number of benzene rings is 2. The van der Waals surface area contributed by atoms with Crippen molar-refractivity contribution < 1.29 is 9.53 Å². The zero-order valence-corrected chi connectivity index (χ0v) is 16.0. The quantitative estimate of drug-likeness (QED) is 0.499. The predicted octanol–water partition coefficient (Wildman–Crippen LogP) is 3.60. The average Bonchev–Trinajstić information content (AvgIpc) is 3.23. The summed E-state index contributed by atoms with van der Waals surface area (Å²) in [4.78, 5) is 30.1. The molecule has 5 rings (SSSR count). The van der Waals surface area contributed by atoms with Crippen LogP contribution in [0.4, 0.5) is 5.82 Å². The Labute approximate surface area is 171 Å². The molecule has 146 valence electrons. The third-order valence-electron chi connectivity index (χ3n) is 4.71. The molecular weight excluding hydrogens is 380 g/mol. The molecule has 0 bridgehead atoms. The van der Waals surface area contributed by atoms with E-state index in [0.717, 1.165) is 11.1 Å². The van der Waals surface area contributed by atoms with Crippen LogP contribution in [-0.4, -0.2) is 37.4 Å². The SMILES string of the molecule is COc1ccc(-c2ccccc2)c2ncc(NC(=O)c3cn4ccncc4n3)nc12. The number of carbonyl (C=O) groups excluding carboxylic acids is 1. The lowest BCUT2D eigenvalue weighted by atomic mass is 10.0. The lowest BCUT2D eigenvalue weighted by Gasteiger charge is -2.11. The smallest absolute Gasteiger partial charge is 0.277 e. The molecule has 2 aromatic carbocycles. The normalized spacial score (nSPS) is 11.0. The number of methoxy groups -OCH3 is 1. The van der Waals surface area contributed by atoms with Crippen LogP contribution in [0.3, 0.4) is 0 Å². The van der Waals surface area contributed by atoms with Gasteiger partial charge in [0.05, 0.1) is 19.5 Å². The van der Waals surface area contributed by atoms with E-state index < -0.39 is 0 Å². The highest BCUT2D eigenvalue weighted by Crippen LogP contribution is 2.32. The number of nitrogens with one attached hydrogen (secondary N) is 1. The van der Waals surface area contributed by atoms with Gasteiger partial charge >= 0.3 is 0 Å². The molecule has 0 aliphatic heterocycles. The largest absolute Gasteiger partial charge is 0.494 e. The minimum Gasteiger partial charge on any atom is -0.494 e. The lowest BCUT2D eigenvalue weighted by Crippen LogP contribution is -2.13. The number of anilines is 1. The Kier molecular flexibility index (Phi) is 4.29. The third kappa shape index (κ3) is 3.10. The van der Waals surface area contributed by atoms with Crippen molar-refractivity contribution in [3.05, 3.63) is 79.1 Å². The average molecular weight is 396 g/mol. The Bertz CT molecular complexity index is 1350. The summed E-state index contributed by atoms with van der Waals surface area (Å²) in [6.45, 7) is 0. The third-order valence-corrected chi connectivity index (χ3v) is 4.71. The first-order chi connectivity index (χ1) is 14.7. The number of aromatic nitrogens is 5. The van der Waals surface area contributed by atoms with Crippen LogP contribution in [0.1, 0.15) is 10.5 Å². The van der Waals surface area contributed by atoms with E-state index in [0.29, 0.717) is 28.2 Å². The number of ether oxygens (including phenoxy) is 1. The van der Waals surface area contributed by atoms with Crippen LogP contribution < -0.4 is 10.1 Å². The minimum absolute atomic E-state index is 0.259. The second kappa shape index (κ2) is 7.25. The Hall–Kier alpha value is -4.33. The van der Waals surface area contributed by atoms with E-state index in [1.165, 1.54) is 6.20 Å². The van der Waals surface area contributed by atoms with Gasteiger partial charge in [-0.15, -0.1) is 0 Å². The Morgan fingerprint density at radius 2 is 1.90 bits per heavy atom. The Morgan fingerprint density at radius 1 is 1.03 bits per heavy atom. The van der Waals surface area contributed by atoms with E-state index in [9.17, 15) is 4.79 Å². The van der Waals surface area contributed by atoms with Gasteiger partial charge < -0.3 is 14.5 Å². The molecule has 0 aliphatic rings. The first-order valence-corrected chi connectivity index (χ1v) is 9.22. The fraction of sp³-hybridized carbons (Fsp3) is 0.0455. The molecule has 1 amide bonds. The van der Waals surface area contributed by atoms with Crippen molar-refractivity contribution in [2.24, 2.45) is 0 Å². The summed E-state index contributed by atoms with van der Waals surface area (Å²) in [6.07, 6.45) is 8.10. The molecule has 30 heavy (non-hydrogen) atoms. The van der Waals surface area contributed by atoms with Gasteiger partial charge in [-0.05, 0) is 17.7 Å². The van der Waals surface area contributed by atoms with Crippen LogP contribution in [-0.2, 0) is 0 Å². The second-order valence-corrected chi connectivity index (χ2v) is 6.56. The number of nitrogens with zero attached hydrogens (tertiary/aromatic N) is 5. The van der Waals surface area contributed by atoms with E-state index in [2.05, 4.69) is 25.3 Å². The van der Waals surface area contributed by atoms with Crippen LogP contribution in [0.25, 0.3) is 27.8 Å². The number of hydrogen-bond acceptors (Lipinski definition) is 6. The topological polar surface area (TPSA) is 94.3 Å². The molecule has 3 aromatic heterocycles. The standard InChI is InChI=1S/C22H16N6O2/c1-30-17-8-7-15(14-5-3-2-4-6-14)20-21(17)26-18(11-24-20)27-22(29)16-13-28-10-9-23-12-19(28)25-16/h2-13H,1H3,(H,26,27,29). The summed E-state index contributed by atoms with van der Waals surface area (Å²) in [5.41, 5.74) is 4.06. The zero-order chi connectivity index (χ0) is 20.5. The van der Waals surface area contributed by atoms with Gasteiger partial charge in [0.15, 0.2) is 11.5 Å². The molecule has 0 fully saturated rings. The number of fused-ring (bicyclic) bond motifs is 2. The summed E-state index contributed by atoms with van der Waals surface area (Å²) in [5.74, 6) is 0.504. The molecule has 0 saturated heterocycles. The minimum atomic E-state index is -0.384. The molecule has 0 radical (unpaired) electrons. The summed E-state index contributed by atoms with van der Waals surface area (Å²) >= 11 is 0. The van der Waals surface area contributed by atoms with Crippen molar-refractivity contribution in [2.45, 2.75) is 0 Å². The van der Waals surface area contributed by atoms with E-state index in [4.69, 9.17) is 4.74 Å². The molecular formula is C22H16N6O2. The maximum Gasteiger partial charge on any atom is 0.277 e. The van der Waals surface area contributed by atoms with Crippen molar-refractivity contribution in [1.29, 1.82) is 0 Å². The van der Waals surface area contributed by atoms with Gasteiger partial charge in [-0.1, -0.05) is 30.3 Å². The van der Waals surface area contributed by atoms with Gasteiger partial charge in [0.2, 0.25) is 0 Å². The summed E-state index contributed by atoms with van der Waals surface area (Å²) in [7, 11) is 1.58. The van der Waals surface area contributed by atoms with Crippen molar-refractivity contribution in [2.75, 3.05) is 12.4 Å². The number of amides is 1. The van der Waals surface area contributed by atoms with Crippen LogP contribution in [0, 0.1) is 0 Å². The van der Waals surface area contributed by atoms with Gasteiger partial charge in [-0.3, -0.25) is 9.78 Å². The molecule has 0 atom stereocenters. The molecule has 0 spiro atoms. The molecule has 5 aromatic rings. The second-order valence-electron chi connectivity index (χ2n) is 6.56. The van der Waals surface area contributed by atoms with Gasteiger partial charge in [0.1, 0.15) is 22.5 Å². The summed E-state index contributed by atoms with van der Waals surface area (Å²) < 4.78 is 7.19. The first kappa shape index (κ1) is 17.7. The fourth-order valence-electron chi connectivity index (χ4n) is 3.28. The van der Waals surface area contributed by atoms with Crippen molar-refractivity contribution in [1.82, 2.24) is 24.3 Å². The maximum atomic E-state index is 12.7. The maximum absolute atomic E-state index is 12.7. The van der Waals surface area contributed by atoms with Gasteiger partial charge in [0.25, 0.3) is 5.91 Å². The molecule has 3 heterocycles. The zero-order valence-electron chi connectivity index (χ0n) is 16.0. The van der Waals surface area contributed by atoms with Crippen molar-refractivity contribution in [3.8, 4) is 16.9 Å². The monoisotopic (exact) mass is 396 g/mol. The fourth-order valence-corrected chi connectivity index (χ4v) is 3.28. The van der Waals surface area contributed by atoms with Crippen molar-refractivity contribution in [3.63, 3.8) is 0 Å². The summed E-state index contributed by atoms with van der Waals surface area (Å²) in [5, 5.41) is 2.76. The molecule has 0 aliphatic carbocycles. The van der Waals surface area contributed by atoms with E-state index in [-0.39, 0.29) is 11.6 Å². The number of imidazole rings is 1. The summed E-state index contributed by atoms with van der Waals surface area (Å²) in [6, 6.07) is 13.7.